The molecule has 8 heteroatoms. The lowest BCUT2D eigenvalue weighted by molar-refractivity contribution is -0.253. The number of carbonyl (C=O) groups excluding carboxylic acids is 1. The van der Waals surface area contributed by atoms with Crippen LogP contribution in [0.2, 0.25) is 0 Å². The predicted octanol–water partition coefficient (Wildman–Crippen LogP) is 3.41. The molecule has 0 saturated carbocycles. The SMILES string of the molecule is Cc1ncnn2c(C3(O)O[C@H](COC(=O)c4ccccc4)C[C@H]3OCc3ccccc3)ccc12. The molecule has 4 aromatic rings. The van der Waals surface area contributed by atoms with E-state index in [-0.39, 0.29) is 6.61 Å². The third-order valence-corrected chi connectivity index (χ3v) is 5.98. The molecule has 0 radical (unpaired) electrons. The zero-order valence-corrected chi connectivity index (χ0v) is 18.7. The second-order valence-corrected chi connectivity index (χ2v) is 8.28. The number of aliphatic hydroxyl groups is 1. The van der Waals surface area contributed by atoms with E-state index in [2.05, 4.69) is 10.1 Å². The third-order valence-electron chi connectivity index (χ3n) is 5.98. The Balaban J connectivity index is 1.38. The summed E-state index contributed by atoms with van der Waals surface area (Å²) in [6, 6.07) is 22.1. The maximum absolute atomic E-state index is 12.4. The predicted molar refractivity (Wildman–Crippen MR) is 123 cm³/mol. The van der Waals surface area contributed by atoms with Crippen molar-refractivity contribution in [3.63, 3.8) is 0 Å². The van der Waals surface area contributed by atoms with E-state index in [0.717, 1.165) is 16.8 Å². The van der Waals surface area contributed by atoms with Gasteiger partial charge in [-0.05, 0) is 36.8 Å². The van der Waals surface area contributed by atoms with E-state index in [1.54, 1.807) is 34.8 Å². The van der Waals surface area contributed by atoms with Crippen molar-refractivity contribution in [1.82, 2.24) is 14.6 Å². The average Bonchev–Trinajstić information content (AvgIpc) is 3.45. The molecule has 1 aliphatic rings. The van der Waals surface area contributed by atoms with Gasteiger partial charge in [-0.2, -0.15) is 5.10 Å². The summed E-state index contributed by atoms with van der Waals surface area (Å²) in [5.41, 5.74) is 3.40. The fraction of sp³-hybridized carbons (Fsp3) is 0.269. The molecule has 2 aromatic carbocycles. The highest BCUT2D eigenvalue weighted by Crippen LogP contribution is 2.40. The van der Waals surface area contributed by atoms with Crippen molar-refractivity contribution in [3.8, 4) is 0 Å². The minimum Gasteiger partial charge on any atom is -0.459 e. The Morgan fingerprint density at radius 2 is 1.85 bits per heavy atom. The lowest BCUT2D eigenvalue weighted by atomic mass is 10.0. The van der Waals surface area contributed by atoms with E-state index in [0.29, 0.717) is 24.3 Å². The van der Waals surface area contributed by atoms with Crippen LogP contribution < -0.4 is 0 Å². The fourth-order valence-corrected chi connectivity index (χ4v) is 4.21. The number of aromatic nitrogens is 3. The molecule has 174 valence electrons. The lowest BCUT2D eigenvalue weighted by Gasteiger charge is -2.28. The van der Waals surface area contributed by atoms with Crippen LogP contribution in [0.25, 0.3) is 5.52 Å². The van der Waals surface area contributed by atoms with Gasteiger partial charge in [-0.15, -0.1) is 0 Å². The monoisotopic (exact) mass is 459 g/mol. The van der Waals surface area contributed by atoms with Crippen molar-refractivity contribution >= 4 is 11.5 Å². The highest BCUT2D eigenvalue weighted by molar-refractivity contribution is 5.89. The summed E-state index contributed by atoms with van der Waals surface area (Å²) in [5, 5.41) is 16.1. The van der Waals surface area contributed by atoms with Crippen LogP contribution in [0, 0.1) is 6.92 Å². The van der Waals surface area contributed by atoms with Crippen molar-refractivity contribution in [2.24, 2.45) is 0 Å². The third kappa shape index (κ3) is 4.31. The zero-order valence-electron chi connectivity index (χ0n) is 18.7. The van der Waals surface area contributed by atoms with Gasteiger partial charge in [0.1, 0.15) is 24.7 Å². The summed E-state index contributed by atoms with van der Waals surface area (Å²) in [7, 11) is 0. The number of hydrogen-bond acceptors (Lipinski definition) is 7. The van der Waals surface area contributed by atoms with Gasteiger partial charge in [-0.1, -0.05) is 48.5 Å². The van der Waals surface area contributed by atoms with Crippen molar-refractivity contribution in [3.05, 3.63) is 102 Å². The van der Waals surface area contributed by atoms with Crippen LogP contribution in [0.4, 0.5) is 0 Å². The molecule has 0 bridgehead atoms. The molecule has 8 nitrogen and oxygen atoms in total. The Morgan fingerprint density at radius 1 is 1.12 bits per heavy atom. The van der Waals surface area contributed by atoms with E-state index in [4.69, 9.17) is 14.2 Å². The number of aryl methyl sites for hydroxylation is 1. The molecule has 0 aliphatic carbocycles. The van der Waals surface area contributed by atoms with Crippen LogP contribution in [0.3, 0.4) is 0 Å². The largest absolute Gasteiger partial charge is 0.459 e. The molecule has 34 heavy (non-hydrogen) atoms. The number of esters is 1. The molecule has 1 N–H and O–H groups in total. The lowest BCUT2D eigenvalue weighted by Crippen LogP contribution is -2.39. The quantitative estimate of drug-likeness (QED) is 0.423. The molecule has 1 fully saturated rings. The second kappa shape index (κ2) is 9.34. The summed E-state index contributed by atoms with van der Waals surface area (Å²) in [5.74, 6) is -2.23. The van der Waals surface area contributed by atoms with E-state index < -0.39 is 24.0 Å². The van der Waals surface area contributed by atoms with Crippen LogP contribution >= 0.6 is 0 Å². The first-order valence-corrected chi connectivity index (χ1v) is 11.1. The molecule has 5 rings (SSSR count). The summed E-state index contributed by atoms with van der Waals surface area (Å²) < 4.78 is 19.3. The number of benzene rings is 2. The van der Waals surface area contributed by atoms with Gasteiger partial charge in [0.15, 0.2) is 0 Å². The molecule has 1 unspecified atom stereocenters. The summed E-state index contributed by atoms with van der Waals surface area (Å²) in [6.07, 6.45) is 0.500. The van der Waals surface area contributed by atoms with E-state index in [1.807, 2.05) is 49.4 Å². The first-order valence-electron chi connectivity index (χ1n) is 11.1. The number of fused-ring (bicyclic) bond motifs is 1. The number of rotatable bonds is 7. The molecule has 3 heterocycles. The number of ether oxygens (including phenoxy) is 3. The second-order valence-electron chi connectivity index (χ2n) is 8.28. The van der Waals surface area contributed by atoms with E-state index in [1.165, 1.54) is 6.33 Å². The average molecular weight is 460 g/mol. The van der Waals surface area contributed by atoms with Crippen LogP contribution in [-0.2, 0) is 26.6 Å². The van der Waals surface area contributed by atoms with Gasteiger partial charge in [-0.3, -0.25) is 0 Å². The van der Waals surface area contributed by atoms with Gasteiger partial charge in [-0.25, -0.2) is 14.3 Å². The number of nitrogens with zero attached hydrogens (tertiary/aromatic N) is 3. The summed E-state index contributed by atoms with van der Waals surface area (Å²) in [4.78, 5) is 16.6. The molecule has 1 aliphatic heterocycles. The molecular weight excluding hydrogens is 434 g/mol. The highest BCUT2D eigenvalue weighted by atomic mass is 16.7. The topological polar surface area (TPSA) is 95.2 Å². The van der Waals surface area contributed by atoms with Crippen LogP contribution in [0.1, 0.15) is 33.7 Å². The summed E-state index contributed by atoms with van der Waals surface area (Å²) >= 11 is 0. The zero-order chi connectivity index (χ0) is 23.5. The highest BCUT2D eigenvalue weighted by Gasteiger charge is 2.52. The van der Waals surface area contributed by atoms with Crippen molar-refractivity contribution in [2.75, 3.05) is 6.61 Å². The Labute approximate surface area is 196 Å². The smallest absolute Gasteiger partial charge is 0.338 e. The van der Waals surface area contributed by atoms with E-state index in [9.17, 15) is 9.90 Å². The maximum Gasteiger partial charge on any atom is 0.338 e. The van der Waals surface area contributed by atoms with Gasteiger partial charge in [0.25, 0.3) is 0 Å². The minimum absolute atomic E-state index is 0.0153. The first-order chi connectivity index (χ1) is 16.5. The Morgan fingerprint density at radius 3 is 2.62 bits per heavy atom. The Kier molecular flexibility index (Phi) is 6.10. The van der Waals surface area contributed by atoms with Gasteiger partial charge in [0, 0.05) is 6.42 Å². The van der Waals surface area contributed by atoms with Gasteiger partial charge >= 0.3 is 5.97 Å². The fourth-order valence-electron chi connectivity index (χ4n) is 4.21. The Bertz CT molecular complexity index is 1280. The summed E-state index contributed by atoms with van der Waals surface area (Å²) in [6.45, 7) is 2.15. The molecule has 1 saturated heterocycles. The van der Waals surface area contributed by atoms with Gasteiger partial charge in [0.2, 0.25) is 5.79 Å². The molecule has 3 atom stereocenters. The van der Waals surface area contributed by atoms with Crippen molar-refractivity contribution in [1.29, 1.82) is 0 Å². The van der Waals surface area contributed by atoms with Crippen molar-refractivity contribution < 1.29 is 24.1 Å². The number of hydrogen-bond donors (Lipinski definition) is 1. The maximum atomic E-state index is 12.4. The Hall–Kier alpha value is -3.59. The standard InChI is InChI=1S/C26H25N3O5/c1-18-22-12-13-23(29(22)28-17-27-18)26(31)24(32-15-19-8-4-2-5-9-19)14-21(34-26)16-33-25(30)20-10-6-3-7-11-20/h2-13,17,21,24,31H,14-16H2,1H3/t21-,24+,26?/m0/s1. The van der Waals surface area contributed by atoms with Crippen LogP contribution in [0.15, 0.2) is 79.1 Å². The van der Waals surface area contributed by atoms with Crippen LogP contribution in [-0.4, -0.2) is 44.5 Å². The van der Waals surface area contributed by atoms with E-state index >= 15 is 0 Å². The minimum atomic E-state index is -1.79. The first kappa shape index (κ1) is 22.2. The van der Waals surface area contributed by atoms with Crippen LogP contribution in [0.5, 0.6) is 0 Å². The molecule has 2 aromatic heterocycles. The molecular formula is C26H25N3O5. The molecule has 0 amide bonds. The van der Waals surface area contributed by atoms with Gasteiger partial charge in [0.05, 0.1) is 29.5 Å². The van der Waals surface area contributed by atoms with Gasteiger partial charge < -0.3 is 19.3 Å². The van der Waals surface area contributed by atoms with Crippen molar-refractivity contribution in [2.45, 2.75) is 37.9 Å². The molecule has 0 spiro atoms. The normalized spacial score (nSPS) is 22.2. The number of carbonyl (C=O) groups is 1.